The first-order valence-electron chi connectivity index (χ1n) is 11.3. The quantitative estimate of drug-likeness (QED) is 0.531. The fourth-order valence-electron chi connectivity index (χ4n) is 3.39. The van der Waals surface area contributed by atoms with E-state index in [-0.39, 0.29) is 30.3 Å². The van der Waals surface area contributed by atoms with Crippen LogP contribution in [0.15, 0.2) is 37.1 Å². The van der Waals surface area contributed by atoms with Crippen LogP contribution in [0.25, 0.3) is 11.4 Å². The van der Waals surface area contributed by atoms with Crippen LogP contribution in [0.2, 0.25) is 0 Å². The van der Waals surface area contributed by atoms with Crippen molar-refractivity contribution in [1.29, 1.82) is 0 Å². The van der Waals surface area contributed by atoms with Gasteiger partial charge in [-0.05, 0) is 18.9 Å². The van der Waals surface area contributed by atoms with Crippen LogP contribution in [0.3, 0.4) is 0 Å². The first-order valence-corrected chi connectivity index (χ1v) is 11.3. The summed E-state index contributed by atoms with van der Waals surface area (Å²) in [4.78, 5) is 25.3. The van der Waals surface area contributed by atoms with Crippen LogP contribution in [-0.2, 0) is 22.6 Å². The summed E-state index contributed by atoms with van der Waals surface area (Å²) >= 11 is 0. The third kappa shape index (κ3) is 5.54. The Morgan fingerprint density at radius 1 is 1.21 bits per heavy atom. The van der Waals surface area contributed by atoms with E-state index in [9.17, 15) is 4.79 Å². The average Bonchev–Trinajstić information content (AvgIpc) is 3.54. The van der Waals surface area contributed by atoms with Gasteiger partial charge in [-0.15, -0.1) is 5.10 Å². The Morgan fingerprint density at radius 2 is 2.03 bits per heavy atom. The average molecular weight is 466 g/mol. The molecule has 2 aliphatic rings. The van der Waals surface area contributed by atoms with Gasteiger partial charge in [0.2, 0.25) is 0 Å². The summed E-state index contributed by atoms with van der Waals surface area (Å²) in [6.07, 6.45) is 9.76. The molecule has 1 aliphatic carbocycles. The molecule has 11 nitrogen and oxygen atoms in total. The predicted molar refractivity (Wildman–Crippen MR) is 120 cm³/mol. The molecule has 0 atom stereocenters. The van der Waals surface area contributed by atoms with Crippen LogP contribution < -0.4 is 10.1 Å². The monoisotopic (exact) mass is 465 g/mol. The van der Waals surface area contributed by atoms with Gasteiger partial charge in [0, 0.05) is 24.0 Å². The number of nitrogens with zero attached hydrogens (tertiary/aromatic N) is 6. The Bertz CT molecular complexity index is 1140. The van der Waals surface area contributed by atoms with E-state index in [2.05, 4.69) is 44.4 Å². The van der Waals surface area contributed by atoms with Gasteiger partial charge in [0.1, 0.15) is 17.1 Å². The Morgan fingerprint density at radius 3 is 2.76 bits per heavy atom. The minimum Gasteiger partial charge on any atom is -0.488 e. The number of rotatable bonds is 8. The zero-order chi connectivity index (χ0) is 23.5. The van der Waals surface area contributed by atoms with E-state index < -0.39 is 0 Å². The van der Waals surface area contributed by atoms with Gasteiger partial charge in [0.25, 0.3) is 5.91 Å². The second kappa shape index (κ2) is 9.43. The van der Waals surface area contributed by atoms with Crippen LogP contribution >= 0.6 is 0 Å². The lowest BCUT2D eigenvalue weighted by Gasteiger charge is -2.34. The van der Waals surface area contributed by atoms with E-state index in [1.54, 1.807) is 35.5 Å². The van der Waals surface area contributed by atoms with E-state index in [4.69, 9.17) is 14.2 Å². The van der Waals surface area contributed by atoms with E-state index in [0.29, 0.717) is 48.2 Å². The first-order chi connectivity index (χ1) is 16.4. The summed E-state index contributed by atoms with van der Waals surface area (Å²) in [5.74, 6) is 0.233. The van der Waals surface area contributed by atoms with Gasteiger partial charge < -0.3 is 19.5 Å². The van der Waals surface area contributed by atoms with Crippen molar-refractivity contribution in [2.75, 3.05) is 13.2 Å². The highest BCUT2D eigenvalue weighted by atomic mass is 16.7. The standard InChI is InChI=1S/C23H27N7O4/c1-23(2)13-32-20(33-14-23)12-30-11-18(28-29-30)21-19(34-17-3-4-17)7-15(8-26-21)22(31)27-10-16-9-24-5-6-25-16/h5-9,11,17,20H,3-4,10,12-14H2,1-2H3,(H,27,31). The van der Waals surface area contributed by atoms with E-state index in [1.165, 1.54) is 6.20 Å². The summed E-state index contributed by atoms with van der Waals surface area (Å²) < 4.78 is 19.3. The molecule has 0 bridgehead atoms. The Labute approximate surface area is 196 Å². The maximum absolute atomic E-state index is 12.7. The van der Waals surface area contributed by atoms with Crippen molar-refractivity contribution >= 4 is 5.91 Å². The number of hydrogen-bond donors (Lipinski definition) is 1. The highest BCUT2D eigenvalue weighted by Gasteiger charge is 2.29. The molecule has 5 rings (SSSR count). The van der Waals surface area contributed by atoms with Crippen molar-refractivity contribution in [2.45, 2.75) is 52.2 Å². The normalized spacial score (nSPS) is 17.9. The van der Waals surface area contributed by atoms with Crippen molar-refractivity contribution in [2.24, 2.45) is 5.41 Å². The maximum atomic E-state index is 12.7. The fraction of sp³-hybridized carbons (Fsp3) is 0.478. The molecule has 1 aliphatic heterocycles. The number of aromatic nitrogens is 6. The fourth-order valence-corrected chi connectivity index (χ4v) is 3.39. The third-order valence-corrected chi connectivity index (χ3v) is 5.42. The van der Waals surface area contributed by atoms with Crippen LogP contribution in [0.1, 0.15) is 42.7 Å². The molecule has 11 heteroatoms. The van der Waals surface area contributed by atoms with Crippen molar-refractivity contribution in [3.8, 4) is 17.1 Å². The van der Waals surface area contributed by atoms with Crippen LogP contribution in [-0.4, -0.2) is 61.5 Å². The number of carbonyl (C=O) groups is 1. The molecule has 178 valence electrons. The smallest absolute Gasteiger partial charge is 0.253 e. The SMILES string of the molecule is CC1(C)COC(Cn2cc(-c3ncc(C(=O)NCc4cnccn4)cc3OC3CC3)nn2)OC1. The molecule has 1 N–H and O–H groups in total. The Hall–Kier alpha value is -3.44. The number of pyridine rings is 1. The van der Waals surface area contributed by atoms with Gasteiger partial charge in [-0.2, -0.15) is 0 Å². The number of hydrogen-bond acceptors (Lipinski definition) is 9. The zero-order valence-corrected chi connectivity index (χ0v) is 19.2. The summed E-state index contributed by atoms with van der Waals surface area (Å²) in [6.45, 7) is 6.14. The minimum atomic E-state index is -0.377. The highest BCUT2D eigenvalue weighted by molar-refractivity contribution is 5.94. The number of carbonyl (C=O) groups excluding carboxylic acids is 1. The summed E-state index contributed by atoms with van der Waals surface area (Å²) in [5, 5.41) is 11.3. The van der Waals surface area contributed by atoms with E-state index in [1.807, 2.05) is 0 Å². The van der Waals surface area contributed by atoms with Gasteiger partial charge in [0.15, 0.2) is 6.29 Å². The topological polar surface area (TPSA) is 126 Å². The maximum Gasteiger partial charge on any atom is 0.253 e. The third-order valence-electron chi connectivity index (χ3n) is 5.42. The summed E-state index contributed by atoms with van der Waals surface area (Å²) in [7, 11) is 0. The van der Waals surface area contributed by atoms with Gasteiger partial charge in [-0.1, -0.05) is 19.1 Å². The largest absolute Gasteiger partial charge is 0.488 e. The molecule has 0 spiro atoms. The van der Waals surface area contributed by atoms with Crippen molar-refractivity contribution < 1.29 is 19.0 Å². The lowest BCUT2D eigenvalue weighted by molar-refractivity contribution is -0.227. The predicted octanol–water partition coefficient (Wildman–Crippen LogP) is 2.00. The van der Waals surface area contributed by atoms with Crippen molar-refractivity contribution in [3.05, 3.63) is 48.3 Å². The number of ether oxygens (including phenoxy) is 3. The van der Waals surface area contributed by atoms with Gasteiger partial charge in [0.05, 0.1) is 56.1 Å². The molecular formula is C23H27N7O4. The molecule has 4 heterocycles. The van der Waals surface area contributed by atoms with Crippen molar-refractivity contribution in [3.63, 3.8) is 0 Å². The number of nitrogens with one attached hydrogen (secondary N) is 1. The molecule has 2 fully saturated rings. The zero-order valence-electron chi connectivity index (χ0n) is 19.2. The first kappa shape index (κ1) is 22.4. The second-order valence-electron chi connectivity index (χ2n) is 9.31. The minimum absolute atomic E-state index is 0.00549. The Balaban J connectivity index is 1.29. The Kier molecular flexibility index (Phi) is 6.20. The molecule has 34 heavy (non-hydrogen) atoms. The van der Waals surface area contributed by atoms with Crippen molar-refractivity contribution in [1.82, 2.24) is 35.3 Å². The summed E-state index contributed by atoms with van der Waals surface area (Å²) in [5.41, 5.74) is 2.16. The molecule has 3 aromatic rings. The second-order valence-corrected chi connectivity index (χ2v) is 9.31. The van der Waals surface area contributed by atoms with Gasteiger partial charge in [-0.25, -0.2) is 9.67 Å². The summed E-state index contributed by atoms with van der Waals surface area (Å²) in [6, 6.07) is 1.70. The van der Waals surface area contributed by atoms with Gasteiger partial charge in [-0.3, -0.25) is 14.8 Å². The molecule has 1 saturated heterocycles. The molecule has 0 aromatic carbocycles. The molecule has 1 saturated carbocycles. The van der Waals surface area contributed by atoms with Gasteiger partial charge >= 0.3 is 0 Å². The molecule has 0 unspecified atom stereocenters. The highest BCUT2D eigenvalue weighted by Crippen LogP contribution is 2.33. The van der Waals surface area contributed by atoms with E-state index >= 15 is 0 Å². The molecule has 3 aromatic heterocycles. The number of amides is 1. The van der Waals surface area contributed by atoms with Crippen LogP contribution in [0.5, 0.6) is 5.75 Å². The molecular weight excluding hydrogens is 438 g/mol. The lowest BCUT2D eigenvalue weighted by Crippen LogP contribution is -2.39. The van der Waals surface area contributed by atoms with E-state index in [0.717, 1.165) is 12.8 Å². The van der Waals surface area contributed by atoms with Crippen LogP contribution in [0.4, 0.5) is 0 Å². The molecule has 1 amide bonds. The van der Waals surface area contributed by atoms with Crippen LogP contribution in [0, 0.1) is 5.41 Å². The lowest BCUT2D eigenvalue weighted by atomic mass is 9.96. The molecule has 0 radical (unpaired) electrons.